The van der Waals surface area contributed by atoms with Crippen molar-refractivity contribution >= 4 is 34.1 Å². The van der Waals surface area contributed by atoms with Crippen molar-refractivity contribution in [1.82, 2.24) is 0 Å². The van der Waals surface area contributed by atoms with Gasteiger partial charge in [-0.2, -0.15) is 0 Å². The van der Waals surface area contributed by atoms with Gasteiger partial charge in [-0.15, -0.1) is 0 Å². The van der Waals surface area contributed by atoms with E-state index in [4.69, 9.17) is 0 Å². The molecule has 0 spiro atoms. The Morgan fingerprint density at radius 3 is 2.26 bits per heavy atom. The van der Waals surface area contributed by atoms with Gasteiger partial charge >= 0.3 is 0 Å². The zero-order valence-electron chi connectivity index (χ0n) is 10.4. The number of anilines is 1. The maximum absolute atomic E-state index is 12.8. The Balaban J connectivity index is 2.06. The zero-order chi connectivity index (χ0) is 13.8. The molecule has 4 heteroatoms. The summed E-state index contributed by atoms with van der Waals surface area (Å²) >= 11 is 2.20. The first-order valence-corrected chi connectivity index (χ1v) is 6.89. The molecule has 0 heterocycles. The molecule has 98 valence electrons. The number of likely N-dealkylation sites (N-methyl/N-ethyl adjacent to an activating group) is 1. The number of halogens is 2. The van der Waals surface area contributed by atoms with Crippen LogP contribution >= 0.6 is 22.6 Å². The average molecular weight is 369 g/mol. The van der Waals surface area contributed by atoms with Crippen LogP contribution in [0, 0.1) is 9.39 Å². The third-order valence-corrected chi connectivity index (χ3v) is 3.53. The minimum absolute atomic E-state index is 0.0447. The first-order valence-electron chi connectivity index (χ1n) is 5.82. The van der Waals surface area contributed by atoms with Crippen molar-refractivity contribution in [2.45, 2.75) is 0 Å². The zero-order valence-corrected chi connectivity index (χ0v) is 12.6. The molecule has 0 aliphatic carbocycles. The number of hydrogen-bond donors (Lipinski definition) is 0. The monoisotopic (exact) mass is 369 g/mol. The predicted octanol–water partition coefficient (Wildman–Crippen LogP) is 3.75. The van der Waals surface area contributed by atoms with Gasteiger partial charge in [0.05, 0.1) is 6.54 Å². The second-order valence-electron chi connectivity index (χ2n) is 4.26. The Morgan fingerprint density at radius 1 is 1.11 bits per heavy atom. The molecule has 0 bridgehead atoms. The molecule has 2 nitrogen and oxygen atoms in total. The molecule has 19 heavy (non-hydrogen) atoms. The molecule has 0 amide bonds. The van der Waals surface area contributed by atoms with Gasteiger partial charge in [0.1, 0.15) is 5.82 Å². The van der Waals surface area contributed by atoms with Gasteiger partial charge in [-0.25, -0.2) is 4.39 Å². The summed E-state index contributed by atoms with van der Waals surface area (Å²) in [5, 5.41) is 0. The molecule has 0 radical (unpaired) electrons. The lowest BCUT2D eigenvalue weighted by molar-refractivity contribution is 0.100. The highest BCUT2D eigenvalue weighted by Crippen LogP contribution is 2.14. The van der Waals surface area contributed by atoms with Crippen molar-refractivity contribution in [2.75, 3.05) is 18.5 Å². The second-order valence-corrected chi connectivity index (χ2v) is 5.51. The van der Waals surface area contributed by atoms with Gasteiger partial charge in [0.15, 0.2) is 5.78 Å². The molecular formula is C15H13FINO. The van der Waals surface area contributed by atoms with Crippen LogP contribution in [0.4, 0.5) is 10.1 Å². The maximum atomic E-state index is 12.8. The van der Waals surface area contributed by atoms with Gasteiger partial charge < -0.3 is 4.90 Å². The molecule has 0 fully saturated rings. The SMILES string of the molecule is CN(CC(=O)c1ccc(I)cc1)c1ccc(F)cc1. The van der Waals surface area contributed by atoms with Crippen LogP contribution < -0.4 is 4.90 Å². The third kappa shape index (κ3) is 3.76. The summed E-state index contributed by atoms with van der Waals surface area (Å²) in [6.07, 6.45) is 0. The van der Waals surface area contributed by atoms with Gasteiger partial charge in [-0.1, -0.05) is 12.1 Å². The lowest BCUT2D eigenvalue weighted by Gasteiger charge is -2.18. The van der Waals surface area contributed by atoms with Crippen LogP contribution in [-0.4, -0.2) is 19.4 Å². The molecular weight excluding hydrogens is 356 g/mol. The second kappa shape index (κ2) is 6.14. The van der Waals surface area contributed by atoms with E-state index in [1.807, 2.05) is 31.3 Å². The van der Waals surface area contributed by atoms with Crippen molar-refractivity contribution in [2.24, 2.45) is 0 Å². The third-order valence-electron chi connectivity index (χ3n) is 2.81. The summed E-state index contributed by atoms with van der Waals surface area (Å²) in [4.78, 5) is 13.9. The molecule has 2 rings (SSSR count). The number of ketones is 1. The molecule has 0 saturated carbocycles. The average Bonchev–Trinajstić information content (AvgIpc) is 2.40. The van der Waals surface area contributed by atoms with Gasteiger partial charge in [0.25, 0.3) is 0 Å². The van der Waals surface area contributed by atoms with E-state index in [-0.39, 0.29) is 18.1 Å². The summed E-state index contributed by atoms with van der Waals surface area (Å²) in [7, 11) is 1.82. The number of rotatable bonds is 4. The number of nitrogens with zero attached hydrogens (tertiary/aromatic N) is 1. The van der Waals surface area contributed by atoms with E-state index in [2.05, 4.69) is 22.6 Å². The summed E-state index contributed by atoms with van der Waals surface area (Å²) in [5.41, 5.74) is 1.51. The van der Waals surface area contributed by atoms with Gasteiger partial charge in [0.2, 0.25) is 0 Å². The molecule has 2 aromatic carbocycles. The molecule has 0 unspecified atom stereocenters. The Bertz CT molecular complexity index is 566. The lowest BCUT2D eigenvalue weighted by atomic mass is 10.1. The van der Waals surface area contributed by atoms with Gasteiger partial charge in [-0.3, -0.25) is 4.79 Å². The highest BCUT2D eigenvalue weighted by molar-refractivity contribution is 14.1. The number of carbonyl (C=O) groups excluding carboxylic acids is 1. The predicted molar refractivity (Wildman–Crippen MR) is 83.2 cm³/mol. The van der Waals surface area contributed by atoms with E-state index in [9.17, 15) is 9.18 Å². The topological polar surface area (TPSA) is 20.3 Å². The first kappa shape index (κ1) is 14.0. The van der Waals surface area contributed by atoms with Crippen LogP contribution in [0.5, 0.6) is 0 Å². The normalized spacial score (nSPS) is 10.3. The van der Waals surface area contributed by atoms with Crippen molar-refractivity contribution < 1.29 is 9.18 Å². The van der Waals surface area contributed by atoms with Crippen LogP contribution in [0.1, 0.15) is 10.4 Å². The van der Waals surface area contributed by atoms with E-state index in [0.717, 1.165) is 9.26 Å². The van der Waals surface area contributed by atoms with E-state index in [1.54, 1.807) is 17.0 Å². The molecule has 0 aliphatic rings. The van der Waals surface area contributed by atoms with Crippen LogP contribution in [0.3, 0.4) is 0 Å². The van der Waals surface area contributed by atoms with E-state index < -0.39 is 0 Å². The highest BCUT2D eigenvalue weighted by atomic mass is 127. The Labute approximate surface area is 125 Å². The van der Waals surface area contributed by atoms with Crippen LogP contribution in [-0.2, 0) is 0 Å². The van der Waals surface area contributed by atoms with E-state index in [0.29, 0.717) is 5.56 Å². The fourth-order valence-electron chi connectivity index (χ4n) is 1.73. The summed E-state index contributed by atoms with van der Waals surface area (Å²) in [6.45, 7) is 0.270. The Morgan fingerprint density at radius 2 is 1.68 bits per heavy atom. The smallest absolute Gasteiger partial charge is 0.182 e. The van der Waals surface area contributed by atoms with Crippen molar-refractivity contribution in [3.8, 4) is 0 Å². The molecule has 0 aromatic heterocycles. The quantitative estimate of drug-likeness (QED) is 0.605. The molecule has 0 N–H and O–H groups in total. The maximum Gasteiger partial charge on any atom is 0.182 e. The summed E-state index contributed by atoms with van der Waals surface area (Å²) < 4.78 is 13.9. The standard InChI is InChI=1S/C15H13FINO/c1-18(14-8-4-12(16)5-9-14)10-15(19)11-2-6-13(17)7-3-11/h2-9H,10H2,1H3. The number of Topliss-reactive ketones (excluding diaryl/α,β-unsaturated/α-hetero) is 1. The van der Waals surface area contributed by atoms with Crippen molar-refractivity contribution in [1.29, 1.82) is 0 Å². The van der Waals surface area contributed by atoms with Crippen LogP contribution in [0.15, 0.2) is 48.5 Å². The van der Waals surface area contributed by atoms with Crippen molar-refractivity contribution in [3.05, 3.63) is 63.5 Å². The minimum Gasteiger partial charge on any atom is -0.367 e. The van der Waals surface area contributed by atoms with Crippen molar-refractivity contribution in [3.63, 3.8) is 0 Å². The largest absolute Gasteiger partial charge is 0.367 e. The minimum atomic E-state index is -0.277. The van der Waals surface area contributed by atoms with E-state index >= 15 is 0 Å². The molecule has 0 saturated heterocycles. The molecule has 2 aromatic rings. The molecule has 0 atom stereocenters. The van der Waals surface area contributed by atoms with Gasteiger partial charge in [-0.05, 0) is 59.0 Å². The number of carbonyl (C=O) groups is 1. The highest BCUT2D eigenvalue weighted by Gasteiger charge is 2.10. The number of benzene rings is 2. The van der Waals surface area contributed by atoms with Crippen LogP contribution in [0.2, 0.25) is 0 Å². The Hall–Kier alpha value is -1.43. The van der Waals surface area contributed by atoms with E-state index in [1.165, 1.54) is 12.1 Å². The fraction of sp³-hybridized carbons (Fsp3) is 0.133. The Kier molecular flexibility index (Phi) is 4.52. The summed E-state index contributed by atoms with van der Waals surface area (Å²) in [5.74, 6) is -0.232. The summed E-state index contributed by atoms with van der Waals surface area (Å²) in [6, 6.07) is 13.6. The lowest BCUT2D eigenvalue weighted by Crippen LogP contribution is -2.25. The fourth-order valence-corrected chi connectivity index (χ4v) is 2.09. The van der Waals surface area contributed by atoms with Gasteiger partial charge in [0, 0.05) is 21.9 Å². The first-order chi connectivity index (χ1) is 9.06. The number of hydrogen-bond acceptors (Lipinski definition) is 2. The van der Waals surface area contributed by atoms with Crippen LogP contribution in [0.25, 0.3) is 0 Å². The molecule has 0 aliphatic heterocycles.